The lowest BCUT2D eigenvalue weighted by Gasteiger charge is -2.25. The van der Waals surface area contributed by atoms with Crippen molar-refractivity contribution in [3.8, 4) is 0 Å². The second-order valence-electron chi connectivity index (χ2n) is 23.1. The Morgan fingerprint density at radius 1 is 0.313 bits per heavy atom. The van der Waals surface area contributed by atoms with Gasteiger partial charge in [-0.05, 0) is 89.0 Å². The van der Waals surface area contributed by atoms with E-state index in [1.54, 1.807) is 61.9 Å². The van der Waals surface area contributed by atoms with Crippen LogP contribution >= 0.6 is 94.2 Å². The summed E-state index contributed by atoms with van der Waals surface area (Å²) in [6, 6.07) is 0. The van der Waals surface area contributed by atoms with Gasteiger partial charge in [0.15, 0.2) is 0 Å². The number of nitrogens with zero attached hydrogens (tertiary/aromatic N) is 2. The summed E-state index contributed by atoms with van der Waals surface area (Å²) in [6.07, 6.45) is 50.2. The normalized spacial score (nSPS) is 12.8. The van der Waals surface area contributed by atoms with Gasteiger partial charge in [-0.15, -0.1) is 0 Å². The highest BCUT2D eigenvalue weighted by Gasteiger charge is 2.18. The average Bonchev–Trinajstić information content (AvgIpc) is 3.46. The van der Waals surface area contributed by atoms with Crippen molar-refractivity contribution in [3.05, 3.63) is 0 Å². The first-order valence-electron chi connectivity index (χ1n) is 34.0. The topological polar surface area (TPSA) is 106 Å². The molecule has 0 aromatic carbocycles. The molecule has 0 aliphatic heterocycles. The first kappa shape index (κ1) is 84.4. The first-order valence-corrected chi connectivity index (χ1v) is 45.5. The second-order valence-corrected chi connectivity index (χ2v) is 36.3. The van der Waals surface area contributed by atoms with Crippen molar-refractivity contribution in [2.24, 2.45) is 0 Å². The molecule has 83 heavy (non-hydrogen) atoms. The molecule has 18 heteroatoms. The second kappa shape index (κ2) is 69.3. The summed E-state index contributed by atoms with van der Waals surface area (Å²) < 4.78 is 17.5. The Balaban J connectivity index is 4.73. The minimum absolute atomic E-state index is 0.00214. The summed E-state index contributed by atoms with van der Waals surface area (Å²) >= 11 is 0. The van der Waals surface area contributed by atoms with E-state index in [1.807, 2.05) is 53.2 Å². The zero-order valence-corrected chi connectivity index (χ0v) is 61.5. The minimum atomic E-state index is -0.222. The lowest BCUT2D eigenvalue weighted by Crippen LogP contribution is -2.35. The van der Waals surface area contributed by atoms with E-state index >= 15 is 0 Å². The van der Waals surface area contributed by atoms with Crippen LogP contribution < -0.4 is 0 Å². The third kappa shape index (κ3) is 66.2. The Labute approximate surface area is 548 Å². The van der Waals surface area contributed by atoms with E-state index in [0.29, 0.717) is 39.3 Å². The van der Waals surface area contributed by atoms with Crippen LogP contribution in [0.1, 0.15) is 298 Å². The van der Waals surface area contributed by atoms with E-state index in [2.05, 4.69) is 30.6 Å². The Hall–Kier alpha value is 1.44. The van der Waals surface area contributed by atoms with Crippen molar-refractivity contribution >= 4 is 112 Å². The fourth-order valence-corrected chi connectivity index (χ4v) is 21.6. The van der Waals surface area contributed by atoms with Gasteiger partial charge in [-0.25, -0.2) is 0 Å². The van der Waals surface area contributed by atoms with Gasteiger partial charge in [-0.2, -0.15) is 0 Å². The smallest absolute Gasteiger partial charge is 0.307 e. The molecular formula is C65H128N2O7S9. The molecule has 0 radical (unpaired) electrons. The zero-order chi connectivity index (χ0) is 60.6. The van der Waals surface area contributed by atoms with Gasteiger partial charge in [0.2, 0.25) is 0 Å². The molecule has 0 spiro atoms. The van der Waals surface area contributed by atoms with Gasteiger partial charge in [-0.1, -0.05) is 297 Å². The highest BCUT2D eigenvalue weighted by molar-refractivity contribution is 9.10. The Morgan fingerprint density at radius 3 is 0.783 bits per heavy atom. The van der Waals surface area contributed by atoms with Crippen molar-refractivity contribution < 1.29 is 33.7 Å². The number of ether oxygens (including phenoxy) is 3. The van der Waals surface area contributed by atoms with Crippen molar-refractivity contribution in [1.29, 1.82) is 0 Å². The number of esters is 3. The highest BCUT2D eigenvalue weighted by atomic mass is 33.5. The molecule has 0 aliphatic rings. The lowest BCUT2D eigenvalue weighted by molar-refractivity contribution is -0.148. The highest BCUT2D eigenvalue weighted by Crippen LogP contribution is 2.38. The maximum absolute atomic E-state index is 13.1. The quantitative estimate of drug-likeness (QED) is 0.0270. The summed E-state index contributed by atoms with van der Waals surface area (Å²) in [4.78, 5) is 43.4. The molecule has 0 saturated heterocycles. The van der Waals surface area contributed by atoms with Gasteiger partial charge < -0.3 is 29.1 Å². The van der Waals surface area contributed by atoms with Crippen molar-refractivity contribution in [3.63, 3.8) is 0 Å². The van der Waals surface area contributed by atoms with Crippen molar-refractivity contribution in [2.75, 3.05) is 80.4 Å². The molecule has 0 rings (SSSR count). The van der Waals surface area contributed by atoms with E-state index in [1.165, 1.54) is 231 Å². The summed E-state index contributed by atoms with van der Waals surface area (Å²) in [7, 11) is 16.4. The maximum Gasteiger partial charge on any atom is 0.307 e. The van der Waals surface area contributed by atoms with Gasteiger partial charge in [0.05, 0.1) is 25.9 Å². The molecule has 0 amide bonds. The van der Waals surface area contributed by atoms with Crippen LogP contribution in [0.3, 0.4) is 0 Å². The van der Waals surface area contributed by atoms with Gasteiger partial charge in [0, 0.05) is 60.7 Å². The van der Waals surface area contributed by atoms with E-state index in [-0.39, 0.29) is 62.1 Å². The van der Waals surface area contributed by atoms with Gasteiger partial charge in [-0.3, -0.25) is 14.4 Å². The van der Waals surface area contributed by atoms with E-state index in [4.69, 9.17) is 14.2 Å². The molecule has 3 atom stereocenters. The van der Waals surface area contributed by atoms with Gasteiger partial charge in [0.25, 0.3) is 0 Å². The number of carbonyl (C=O) groups is 3. The number of carbonyl (C=O) groups excluding carboxylic acids is 3. The molecule has 0 fully saturated rings. The first-order chi connectivity index (χ1) is 40.6. The van der Waals surface area contributed by atoms with Gasteiger partial charge in [0.1, 0.15) is 18.3 Å². The largest absolute Gasteiger partial charge is 0.462 e. The lowest BCUT2D eigenvalue weighted by atomic mass is 10.1. The molecule has 0 aromatic rings. The predicted molar refractivity (Wildman–Crippen MR) is 386 cm³/mol. The Bertz CT molecular complexity index is 1310. The van der Waals surface area contributed by atoms with Crippen LogP contribution in [-0.2, 0) is 28.6 Å². The molecule has 0 bridgehead atoms. The molecule has 0 aromatic heterocycles. The summed E-state index contributed by atoms with van der Waals surface area (Å²) in [5.41, 5.74) is 0. The summed E-state index contributed by atoms with van der Waals surface area (Å²) in [6.45, 7) is 16.0. The van der Waals surface area contributed by atoms with Gasteiger partial charge >= 0.3 is 17.9 Å². The number of aliphatic hydroxyl groups is 1. The van der Waals surface area contributed by atoms with Crippen LogP contribution in [0.25, 0.3) is 0 Å². The molecule has 0 aliphatic carbocycles. The van der Waals surface area contributed by atoms with E-state index < -0.39 is 0 Å². The SMILES string of the molecule is CCCCCCCCCCCCCCSSSCC(C)OC(=O)CCN(CCO)CCCN(CCC(=O)OC(C)CSSSCCCCCCCCCCCCCC)CCC(=O)OC(C)CSSSCCCCCCCCCCCCCC. The number of rotatable bonds is 69. The van der Waals surface area contributed by atoms with E-state index in [9.17, 15) is 19.5 Å². The average molecular weight is 1340 g/mol. The van der Waals surface area contributed by atoms with Crippen LogP contribution in [-0.4, -0.2) is 132 Å². The monoisotopic (exact) mass is 1340 g/mol. The molecule has 3 unspecified atom stereocenters. The fourth-order valence-electron chi connectivity index (χ4n) is 9.61. The number of unbranched alkanes of at least 4 members (excludes halogenated alkanes) is 33. The third-order valence-corrected chi connectivity index (χ3v) is 28.1. The number of aliphatic hydroxyl groups excluding tert-OH is 1. The summed E-state index contributed by atoms with van der Waals surface area (Å²) in [5.74, 6) is 5.06. The maximum atomic E-state index is 13.1. The van der Waals surface area contributed by atoms with E-state index in [0.717, 1.165) is 40.9 Å². The fraction of sp³-hybridized carbons (Fsp3) is 0.954. The molecule has 0 saturated carbocycles. The van der Waals surface area contributed by atoms with Crippen LogP contribution in [0.5, 0.6) is 0 Å². The molecule has 9 nitrogen and oxygen atoms in total. The predicted octanol–water partition coefficient (Wildman–Crippen LogP) is 22.1. The summed E-state index contributed by atoms with van der Waals surface area (Å²) in [5, 5.41) is 9.91. The van der Waals surface area contributed by atoms with Crippen LogP contribution in [0.4, 0.5) is 0 Å². The molecular weight excluding hydrogens is 1210 g/mol. The van der Waals surface area contributed by atoms with Crippen LogP contribution in [0, 0.1) is 0 Å². The van der Waals surface area contributed by atoms with Crippen molar-refractivity contribution in [1.82, 2.24) is 9.80 Å². The van der Waals surface area contributed by atoms with Crippen LogP contribution in [0.2, 0.25) is 0 Å². The molecule has 1 N–H and O–H groups in total. The number of hydrogen-bond acceptors (Lipinski definition) is 18. The standard InChI is InChI=1S/C65H128N2O7S9/c1-7-10-13-16-19-22-25-28-31-34-37-40-54-75-81-78-57-60(4)72-63(69)44-49-66(50-45-64(70)73-61(5)58-79-82-76-55-41-38-35-32-29-26-23-20-17-14-11-8-2)47-43-48-67(52-53-68)51-46-65(71)74-62(6)59-80-83-77-56-42-39-36-33-30-27-24-21-18-15-12-9-3/h60-62,68H,7-59H2,1-6H3. The van der Waals surface area contributed by atoms with Crippen molar-refractivity contribution in [2.45, 2.75) is 317 Å². The molecule has 494 valence electrons. The Morgan fingerprint density at radius 2 is 0.542 bits per heavy atom. The minimum Gasteiger partial charge on any atom is -0.462 e. The third-order valence-electron chi connectivity index (χ3n) is 14.7. The molecule has 0 heterocycles. The van der Waals surface area contributed by atoms with Crippen LogP contribution in [0.15, 0.2) is 0 Å². The zero-order valence-electron chi connectivity index (χ0n) is 54.2. The Kier molecular flexibility index (Phi) is 70.5. The number of hydrogen-bond donors (Lipinski definition) is 1.